The molecule has 1 aliphatic rings. The molecule has 0 aliphatic carbocycles. The van der Waals surface area contributed by atoms with Gasteiger partial charge in [-0.15, -0.1) is 0 Å². The molecule has 1 aliphatic heterocycles. The molecular formula is C27H23N3O3. The van der Waals surface area contributed by atoms with Crippen molar-refractivity contribution in [1.82, 2.24) is 5.16 Å². The monoisotopic (exact) mass is 437 g/mol. The maximum absolute atomic E-state index is 13.4. The highest BCUT2D eigenvalue weighted by atomic mass is 16.5. The summed E-state index contributed by atoms with van der Waals surface area (Å²) in [6.45, 7) is 4.44. The van der Waals surface area contributed by atoms with Gasteiger partial charge in [-0.05, 0) is 73.9 Å². The van der Waals surface area contributed by atoms with Crippen molar-refractivity contribution in [2.75, 3.05) is 16.8 Å². The minimum Gasteiger partial charge on any atom is -0.356 e. The predicted molar refractivity (Wildman–Crippen MR) is 128 cm³/mol. The number of rotatable bonds is 3. The predicted octanol–water partition coefficient (Wildman–Crippen LogP) is 5.41. The van der Waals surface area contributed by atoms with Crippen molar-refractivity contribution in [3.63, 3.8) is 0 Å². The second-order valence-electron chi connectivity index (χ2n) is 8.18. The molecule has 0 spiro atoms. The summed E-state index contributed by atoms with van der Waals surface area (Å²) in [5.74, 6) is 0.442. The van der Waals surface area contributed by atoms with E-state index in [4.69, 9.17) is 4.52 Å². The molecule has 0 fully saturated rings. The molecule has 0 saturated heterocycles. The van der Waals surface area contributed by atoms with E-state index in [-0.39, 0.29) is 11.8 Å². The van der Waals surface area contributed by atoms with Crippen molar-refractivity contribution in [3.05, 3.63) is 101 Å². The molecule has 0 unspecified atom stereocenters. The molecular weight excluding hydrogens is 414 g/mol. The number of hydrogen-bond acceptors (Lipinski definition) is 4. The van der Waals surface area contributed by atoms with Gasteiger partial charge in [0.05, 0.1) is 11.9 Å². The molecule has 6 heteroatoms. The maximum atomic E-state index is 13.4. The van der Waals surface area contributed by atoms with E-state index in [0.717, 1.165) is 27.9 Å². The number of anilines is 2. The van der Waals surface area contributed by atoms with Crippen LogP contribution in [0.2, 0.25) is 0 Å². The number of para-hydroxylation sites is 1. The number of nitrogens with zero attached hydrogens (tertiary/aromatic N) is 2. The summed E-state index contributed by atoms with van der Waals surface area (Å²) in [6, 6.07) is 20.4. The van der Waals surface area contributed by atoms with Gasteiger partial charge in [-0.1, -0.05) is 29.4 Å². The van der Waals surface area contributed by atoms with E-state index in [2.05, 4.69) is 10.5 Å². The van der Waals surface area contributed by atoms with E-state index in [1.54, 1.807) is 35.4 Å². The Morgan fingerprint density at radius 1 is 0.970 bits per heavy atom. The first-order valence-electron chi connectivity index (χ1n) is 10.9. The van der Waals surface area contributed by atoms with E-state index in [9.17, 15) is 9.59 Å². The number of nitrogens with one attached hydrogen (secondary N) is 1. The number of amides is 2. The molecule has 2 amide bonds. The zero-order chi connectivity index (χ0) is 22.9. The lowest BCUT2D eigenvalue weighted by atomic mass is 10.0. The summed E-state index contributed by atoms with van der Waals surface area (Å²) >= 11 is 0. The number of hydrogen-bond donors (Lipinski definition) is 1. The first-order valence-corrected chi connectivity index (χ1v) is 10.9. The third-order valence-electron chi connectivity index (χ3n) is 6.17. The molecule has 0 saturated carbocycles. The van der Waals surface area contributed by atoms with Gasteiger partial charge in [-0.25, -0.2) is 0 Å². The van der Waals surface area contributed by atoms with Crippen LogP contribution < -0.4 is 10.2 Å². The molecule has 6 nitrogen and oxygen atoms in total. The van der Waals surface area contributed by atoms with Crippen molar-refractivity contribution >= 4 is 23.2 Å². The Labute approximate surface area is 191 Å². The number of aromatic nitrogens is 1. The molecule has 1 N–H and O–H groups in total. The van der Waals surface area contributed by atoms with Crippen LogP contribution in [0.5, 0.6) is 0 Å². The Balaban J connectivity index is 1.37. The van der Waals surface area contributed by atoms with E-state index in [1.807, 2.05) is 56.3 Å². The van der Waals surface area contributed by atoms with Gasteiger partial charge in [-0.3, -0.25) is 9.59 Å². The number of carbonyl (C=O) groups is 2. The molecule has 0 atom stereocenters. The second-order valence-corrected chi connectivity index (χ2v) is 8.18. The quantitative estimate of drug-likeness (QED) is 0.465. The van der Waals surface area contributed by atoms with Gasteiger partial charge in [0.25, 0.3) is 11.8 Å². The fourth-order valence-electron chi connectivity index (χ4n) is 4.17. The highest BCUT2D eigenvalue weighted by Gasteiger charge is 2.27. The smallest absolute Gasteiger partial charge is 0.258 e. The highest BCUT2D eigenvalue weighted by molar-refractivity contribution is 6.09. The van der Waals surface area contributed by atoms with Crippen molar-refractivity contribution < 1.29 is 14.1 Å². The largest absolute Gasteiger partial charge is 0.356 e. The van der Waals surface area contributed by atoms with Crippen LogP contribution in [0.1, 0.15) is 37.4 Å². The van der Waals surface area contributed by atoms with Gasteiger partial charge >= 0.3 is 0 Å². The molecule has 4 aromatic rings. The highest BCUT2D eigenvalue weighted by Crippen LogP contribution is 2.36. The summed E-state index contributed by atoms with van der Waals surface area (Å²) in [7, 11) is 0. The van der Waals surface area contributed by atoms with Gasteiger partial charge in [0.2, 0.25) is 0 Å². The molecule has 164 valence electrons. The van der Waals surface area contributed by atoms with E-state index >= 15 is 0 Å². The van der Waals surface area contributed by atoms with Gasteiger partial charge in [-0.2, -0.15) is 0 Å². The molecule has 2 heterocycles. The Morgan fingerprint density at radius 3 is 2.58 bits per heavy atom. The van der Waals surface area contributed by atoms with Crippen LogP contribution in [0.15, 0.2) is 77.4 Å². The third-order valence-corrected chi connectivity index (χ3v) is 6.17. The minimum absolute atomic E-state index is 0.104. The van der Waals surface area contributed by atoms with Crippen LogP contribution in [0.4, 0.5) is 11.4 Å². The lowest BCUT2D eigenvalue weighted by Crippen LogP contribution is -2.32. The van der Waals surface area contributed by atoms with E-state index in [0.29, 0.717) is 35.5 Å². The van der Waals surface area contributed by atoms with Gasteiger partial charge in [0.1, 0.15) is 0 Å². The van der Waals surface area contributed by atoms with Gasteiger partial charge in [0, 0.05) is 34.5 Å². The van der Waals surface area contributed by atoms with Gasteiger partial charge < -0.3 is 14.7 Å². The third kappa shape index (κ3) is 3.80. The normalized spacial score (nSPS) is 12.5. The number of carbonyl (C=O) groups excluding carboxylic acids is 2. The first-order chi connectivity index (χ1) is 16.0. The van der Waals surface area contributed by atoms with Crippen molar-refractivity contribution in [2.45, 2.75) is 20.3 Å². The Bertz CT molecular complexity index is 1360. The summed E-state index contributed by atoms with van der Waals surface area (Å²) in [5, 5.41) is 6.85. The Morgan fingerprint density at radius 2 is 1.76 bits per heavy atom. The molecule has 5 rings (SSSR count). The van der Waals surface area contributed by atoms with Crippen LogP contribution in [-0.4, -0.2) is 23.5 Å². The maximum Gasteiger partial charge on any atom is 0.258 e. The molecule has 3 aromatic carbocycles. The summed E-state index contributed by atoms with van der Waals surface area (Å²) in [4.78, 5) is 27.9. The summed E-state index contributed by atoms with van der Waals surface area (Å²) in [5.41, 5.74) is 6.49. The van der Waals surface area contributed by atoms with Crippen LogP contribution >= 0.6 is 0 Å². The molecule has 0 radical (unpaired) electrons. The topological polar surface area (TPSA) is 75.4 Å². The molecule has 33 heavy (non-hydrogen) atoms. The molecule has 1 aromatic heterocycles. The molecule has 0 bridgehead atoms. The van der Waals surface area contributed by atoms with Crippen molar-refractivity contribution in [3.8, 4) is 11.3 Å². The Hall–Kier alpha value is -4.19. The van der Waals surface area contributed by atoms with Crippen LogP contribution in [0.25, 0.3) is 11.3 Å². The minimum atomic E-state index is -0.168. The lowest BCUT2D eigenvalue weighted by molar-refractivity contribution is 0.0986. The SMILES string of the molecule is Cc1cccc(C(=O)Nc2ccc(C(=O)N3CCc4cnoc4-c4ccccc43)cc2)c1C. The van der Waals surface area contributed by atoms with Crippen molar-refractivity contribution in [1.29, 1.82) is 0 Å². The van der Waals surface area contributed by atoms with E-state index < -0.39 is 0 Å². The second kappa shape index (κ2) is 8.39. The Kier molecular flexibility index (Phi) is 5.26. The number of aryl methyl sites for hydroxylation is 1. The van der Waals surface area contributed by atoms with Crippen LogP contribution in [0.3, 0.4) is 0 Å². The fraction of sp³-hybridized carbons (Fsp3) is 0.148. The van der Waals surface area contributed by atoms with Crippen LogP contribution in [0, 0.1) is 13.8 Å². The standard InChI is InChI=1S/C27H23N3O3/c1-17-6-5-8-22(18(17)2)26(31)29-21-12-10-19(11-13-21)27(32)30-15-14-20-16-28-33-25(20)23-7-3-4-9-24(23)30/h3-13,16H,14-15H2,1-2H3,(H,29,31). The summed E-state index contributed by atoms with van der Waals surface area (Å²) in [6.07, 6.45) is 2.37. The first kappa shape index (κ1) is 20.7. The number of benzene rings is 3. The number of fused-ring (bicyclic) bond motifs is 3. The lowest BCUT2D eigenvalue weighted by Gasteiger charge is -2.23. The average molecular weight is 437 g/mol. The zero-order valence-corrected chi connectivity index (χ0v) is 18.5. The average Bonchev–Trinajstić information content (AvgIpc) is 3.24. The van der Waals surface area contributed by atoms with Gasteiger partial charge in [0.15, 0.2) is 5.76 Å². The van der Waals surface area contributed by atoms with Crippen LogP contribution in [-0.2, 0) is 6.42 Å². The summed E-state index contributed by atoms with van der Waals surface area (Å²) < 4.78 is 5.47. The fourth-order valence-corrected chi connectivity index (χ4v) is 4.17. The van der Waals surface area contributed by atoms with Crippen molar-refractivity contribution in [2.24, 2.45) is 0 Å². The zero-order valence-electron chi connectivity index (χ0n) is 18.5. The van der Waals surface area contributed by atoms with E-state index in [1.165, 1.54) is 0 Å².